The van der Waals surface area contributed by atoms with Gasteiger partial charge < -0.3 is 4.74 Å². The van der Waals surface area contributed by atoms with E-state index in [1.54, 1.807) is 30.6 Å². The molecular weight excluding hydrogens is 323 g/mol. The van der Waals surface area contributed by atoms with E-state index in [4.69, 9.17) is 4.74 Å². The van der Waals surface area contributed by atoms with E-state index >= 15 is 0 Å². The summed E-state index contributed by atoms with van der Waals surface area (Å²) in [6.07, 6.45) is 6.21. The van der Waals surface area contributed by atoms with E-state index in [-0.39, 0.29) is 24.9 Å². The molecule has 0 aliphatic heterocycles. The third kappa shape index (κ3) is 3.17. The van der Waals surface area contributed by atoms with Gasteiger partial charge in [0.15, 0.2) is 0 Å². The molecule has 0 fully saturated rings. The Labute approximate surface area is 143 Å². The second-order valence-electron chi connectivity index (χ2n) is 5.98. The SMILES string of the molecule is O=C(Cn1cccn1)OCc1nn(-c2ccc(F)cc2)c2c1CCC2. The maximum atomic E-state index is 13.2. The number of nitrogens with zero attached hydrogens (tertiary/aromatic N) is 4. The number of benzene rings is 1. The first-order valence-corrected chi connectivity index (χ1v) is 8.19. The molecule has 7 heteroatoms. The van der Waals surface area contributed by atoms with Gasteiger partial charge in [-0.15, -0.1) is 0 Å². The summed E-state index contributed by atoms with van der Waals surface area (Å²) in [5, 5.41) is 8.58. The van der Waals surface area contributed by atoms with E-state index in [1.165, 1.54) is 16.8 Å². The van der Waals surface area contributed by atoms with Crippen LogP contribution in [0.5, 0.6) is 0 Å². The van der Waals surface area contributed by atoms with Crippen molar-refractivity contribution in [3.63, 3.8) is 0 Å². The molecule has 1 aliphatic carbocycles. The lowest BCUT2D eigenvalue weighted by molar-refractivity contribution is -0.146. The highest BCUT2D eigenvalue weighted by Crippen LogP contribution is 2.28. The van der Waals surface area contributed by atoms with Crippen LogP contribution in [-0.2, 0) is 35.5 Å². The summed E-state index contributed by atoms with van der Waals surface area (Å²) >= 11 is 0. The van der Waals surface area contributed by atoms with Gasteiger partial charge in [0.05, 0.1) is 5.69 Å². The number of aromatic nitrogens is 4. The minimum atomic E-state index is -0.355. The van der Waals surface area contributed by atoms with E-state index in [0.29, 0.717) is 0 Å². The average molecular weight is 340 g/mol. The van der Waals surface area contributed by atoms with Gasteiger partial charge in [-0.1, -0.05) is 0 Å². The minimum absolute atomic E-state index is 0.0772. The zero-order chi connectivity index (χ0) is 17.2. The summed E-state index contributed by atoms with van der Waals surface area (Å²) in [6, 6.07) is 8.00. The smallest absolute Gasteiger partial charge is 0.328 e. The number of hydrogen-bond acceptors (Lipinski definition) is 4. The van der Waals surface area contributed by atoms with E-state index in [9.17, 15) is 9.18 Å². The predicted octanol–water partition coefficient (Wildman–Crippen LogP) is 2.44. The van der Waals surface area contributed by atoms with Gasteiger partial charge in [0.2, 0.25) is 0 Å². The Bertz CT molecular complexity index is 885. The number of halogens is 1. The second-order valence-corrected chi connectivity index (χ2v) is 5.98. The molecule has 1 aliphatic rings. The summed E-state index contributed by atoms with van der Waals surface area (Å²) in [5.41, 5.74) is 3.83. The quantitative estimate of drug-likeness (QED) is 0.669. The van der Waals surface area contributed by atoms with Gasteiger partial charge in [0.25, 0.3) is 0 Å². The molecular formula is C18H17FN4O2. The largest absolute Gasteiger partial charge is 0.458 e. The molecule has 2 heterocycles. The van der Waals surface area contributed by atoms with Gasteiger partial charge in [-0.3, -0.25) is 9.48 Å². The van der Waals surface area contributed by atoms with Crippen molar-refractivity contribution in [1.29, 1.82) is 0 Å². The monoisotopic (exact) mass is 340 g/mol. The zero-order valence-electron chi connectivity index (χ0n) is 13.6. The fourth-order valence-corrected chi connectivity index (χ4v) is 3.15. The summed E-state index contributed by atoms with van der Waals surface area (Å²) in [4.78, 5) is 11.9. The normalized spacial score (nSPS) is 13.0. The van der Waals surface area contributed by atoms with Crippen LogP contribution < -0.4 is 0 Å². The zero-order valence-corrected chi connectivity index (χ0v) is 13.6. The maximum absolute atomic E-state index is 13.2. The van der Waals surface area contributed by atoms with Gasteiger partial charge >= 0.3 is 5.97 Å². The number of ether oxygens (including phenoxy) is 1. The number of carbonyl (C=O) groups excluding carboxylic acids is 1. The van der Waals surface area contributed by atoms with Crippen molar-refractivity contribution in [3.8, 4) is 5.69 Å². The first-order chi connectivity index (χ1) is 12.2. The summed E-state index contributed by atoms with van der Waals surface area (Å²) in [5.74, 6) is -0.632. The van der Waals surface area contributed by atoms with E-state index < -0.39 is 0 Å². The van der Waals surface area contributed by atoms with E-state index in [2.05, 4.69) is 10.2 Å². The molecule has 0 amide bonds. The number of carbonyl (C=O) groups is 1. The molecule has 0 radical (unpaired) electrons. The molecule has 1 aromatic carbocycles. The Kier molecular flexibility index (Phi) is 4.05. The minimum Gasteiger partial charge on any atom is -0.458 e. The molecule has 0 bridgehead atoms. The Morgan fingerprint density at radius 1 is 1.24 bits per heavy atom. The molecule has 25 heavy (non-hydrogen) atoms. The Morgan fingerprint density at radius 3 is 2.84 bits per heavy atom. The predicted molar refractivity (Wildman–Crippen MR) is 87.6 cm³/mol. The lowest BCUT2D eigenvalue weighted by atomic mass is 10.2. The van der Waals surface area contributed by atoms with Crippen molar-refractivity contribution in [2.75, 3.05) is 0 Å². The maximum Gasteiger partial charge on any atom is 0.328 e. The van der Waals surface area contributed by atoms with Crippen molar-refractivity contribution in [3.05, 3.63) is 65.5 Å². The molecule has 0 spiro atoms. The van der Waals surface area contributed by atoms with Gasteiger partial charge in [-0.05, 0) is 49.6 Å². The van der Waals surface area contributed by atoms with Crippen molar-refractivity contribution in [2.45, 2.75) is 32.4 Å². The van der Waals surface area contributed by atoms with Crippen LogP contribution in [-0.4, -0.2) is 25.5 Å². The molecule has 6 nitrogen and oxygen atoms in total. The van der Waals surface area contributed by atoms with Crippen molar-refractivity contribution in [2.24, 2.45) is 0 Å². The van der Waals surface area contributed by atoms with Crippen LogP contribution in [0.4, 0.5) is 4.39 Å². The summed E-state index contributed by atoms with van der Waals surface area (Å²) < 4.78 is 21.9. The first kappa shape index (κ1) is 15.6. The third-order valence-electron chi connectivity index (χ3n) is 4.30. The molecule has 0 unspecified atom stereocenters. The van der Waals surface area contributed by atoms with Crippen molar-refractivity contribution in [1.82, 2.24) is 19.6 Å². The number of fused-ring (bicyclic) bond motifs is 1. The highest BCUT2D eigenvalue weighted by atomic mass is 19.1. The molecule has 2 aromatic heterocycles. The van der Waals surface area contributed by atoms with Crippen LogP contribution in [0.2, 0.25) is 0 Å². The number of rotatable bonds is 5. The van der Waals surface area contributed by atoms with Crippen molar-refractivity contribution < 1.29 is 13.9 Å². The van der Waals surface area contributed by atoms with Crippen LogP contribution in [0.1, 0.15) is 23.4 Å². The Morgan fingerprint density at radius 2 is 2.08 bits per heavy atom. The van der Waals surface area contributed by atoms with Crippen LogP contribution in [0.15, 0.2) is 42.7 Å². The summed E-state index contributed by atoms with van der Waals surface area (Å²) in [7, 11) is 0. The Balaban J connectivity index is 1.51. The lowest BCUT2D eigenvalue weighted by Crippen LogP contribution is -2.14. The standard InChI is InChI=1S/C18H17FN4O2/c19-13-5-7-14(8-6-13)23-17-4-1-3-15(17)16(21-23)12-25-18(24)11-22-10-2-9-20-22/h2,5-10H,1,3-4,11-12H2. The highest BCUT2D eigenvalue weighted by molar-refractivity contribution is 5.69. The fourth-order valence-electron chi connectivity index (χ4n) is 3.15. The third-order valence-corrected chi connectivity index (χ3v) is 4.30. The molecule has 128 valence electrons. The van der Waals surface area contributed by atoms with Crippen LogP contribution >= 0.6 is 0 Å². The van der Waals surface area contributed by atoms with Gasteiger partial charge in [-0.25, -0.2) is 9.07 Å². The molecule has 0 saturated carbocycles. The van der Waals surface area contributed by atoms with Crippen molar-refractivity contribution >= 4 is 5.97 Å². The van der Waals surface area contributed by atoms with E-state index in [0.717, 1.165) is 41.9 Å². The summed E-state index contributed by atoms with van der Waals surface area (Å²) in [6.45, 7) is 0.213. The van der Waals surface area contributed by atoms with Crippen LogP contribution in [0.25, 0.3) is 5.69 Å². The van der Waals surface area contributed by atoms with E-state index in [1.807, 2.05) is 4.68 Å². The van der Waals surface area contributed by atoms with Gasteiger partial charge in [0, 0.05) is 23.7 Å². The second kappa shape index (κ2) is 6.51. The van der Waals surface area contributed by atoms with Gasteiger partial charge in [-0.2, -0.15) is 10.2 Å². The molecule has 0 saturated heterocycles. The first-order valence-electron chi connectivity index (χ1n) is 8.19. The Hall–Kier alpha value is -2.96. The fraction of sp³-hybridized carbons (Fsp3) is 0.278. The molecule has 0 N–H and O–H groups in total. The lowest BCUT2D eigenvalue weighted by Gasteiger charge is -2.05. The molecule has 3 aromatic rings. The number of hydrogen-bond donors (Lipinski definition) is 0. The highest BCUT2D eigenvalue weighted by Gasteiger charge is 2.23. The van der Waals surface area contributed by atoms with Gasteiger partial charge in [0.1, 0.15) is 24.7 Å². The average Bonchev–Trinajstić information content (AvgIpc) is 3.32. The number of esters is 1. The molecule has 0 atom stereocenters. The molecule has 4 rings (SSSR count). The van der Waals surface area contributed by atoms with Crippen LogP contribution in [0.3, 0.4) is 0 Å². The van der Waals surface area contributed by atoms with Crippen LogP contribution in [0, 0.1) is 5.82 Å². The topological polar surface area (TPSA) is 61.9 Å².